The monoisotopic (exact) mass is 198 g/mol. The second-order valence-corrected chi connectivity index (χ2v) is 4.16. The van der Waals surface area contributed by atoms with Crippen molar-refractivity contribution < 1.29 is 0 Å². The van der Waals surface area contributed by atoms with Gasteiger partial charge in [0.15, 0.2) is 0 Å². The first kappa shape index (κ1) is 10.7. The van der Waals surface area contributed by atoms with E-state index in [1.807, 2.05) is 0 Å². The Bertz CT molecular complexity index is 245. The van der Waals surface area contributed by atoms with Gasteiger partial charge in [0.1, 0.15) is 0 Å². The molecule has 0 radical (unpaired) electrons. The van der Waals surface area contributed by atoms with E-state index >= 15 is 0 Å². The van der Waals surface area contributed by atoms with Gasteiger partial charge in [-0.3, -0.25) is 0 Å². The van der Waals surface area contributed by atoms with Gasteiger partial charge in [-0.05, 0) is 36.9 Å². The minimum absolute atomic E-state index is 0.347. The van der Waals surface area contributed by atoms with Gasteiger partial charge in [0, 0.05) is 11.4 Å². The fraction of sp³-hybridized carbons (Fsp3) is 0.600. The molecule has 3 heteroatoms. The van der Waals surface area contributed by atoms with Crippen molar-refractivity contribution in [2.75, 3.05) is 13.1 Å². The molecule has 1 atom stereocenters. The van der Waals surface area contributed by atoms with Gasteiger partial charge in [-0.15, -0.1) is 11.3 Å². The summed E-state index contributed by atoms with van der Waals surface area (Å²) in [5.41, 5.74) is 7.07. The van der Waals surface area contributed by atoms with Crippen molar-refractivity contribution in [1.82, 2.24) is 5.32 Å². The fourth-order valence-corrected chi connectivity index (χ4v) is 2.36. The Morgan fingerprint density at radius 1 is 1.62 bits per heavy atom. The summed E-state index contributed by atoms with van der Waals surface area (Å²) in [6, 6.07) is 2.50. The van der Waals surface area contributed by atoms with Gasteiger partial charge >= 0.3 is 0 Å². The predicted molar refractivity (Wildman–Crippen MR) is 59.1 cm³/mol. The molecule has 13 heavy (non-hydrogen) atoms. The molecule has 0 saturated heterocycles. The highest BCUT2D eigenvalue weighted by atomic mass is 32.1. The number of hydrogen-bond acceptors (Lipinski definition) is 3. The quantitative estimate of drug-likeness (QED) is 0.760. The maximum absolute atomic E-state index is 5.72. The first-order valence-corrected chi connectivity index (χ1v) is 5.65. The molecule has 0 bridgehead atoms. The van der Waals surface area contributed by atoms with E-state index in [4.69, 9.17) is 5.73 Å². The van der Waals surface area contributed by atoms with Gasteiger partial charge in [0.05, 0.1) is 6.04 Å². The Labute approximate surface area is 84.2 Å². The molecular weight excluding hydrogens is 180 g/mol. The van der Waals surface area contributed by atoms with Gasteiger partial charge in [-0.25, -0.2) is 0 Å². The van der Waals surface area contributed by atoms with Crippen LogP contribution in [0.25, 0.3) is 0 Å². The minimum Gasteiger partial charge on any atom is -0.329 e. The first-order chi connectivity index (χ1) is 6.29. The lowest BCUT2D eigenvalue weighted by atomic mass is 10.1. The van der Waals surface area contributed by atoms with Crippen molar-refractivity contribution in [3.8, 4) is 0 Å². The first-order valence-electron chi connectivity index (χ1n) is 4.77. The third-order valence-electron chi connectivity index (χ3n) is 2.09. The Morgan fingerprint density at radius 3 is 2.85 bits per heavy atom. The third kappa shape index (κ3) is 2.79. The van der Waals surface area contributed by atoms with E-state index in [2.05, 4.69) is 30.6 Å². The van der Waals surface area contributed by atoms with Crippen LogP contribution in [-0.2, 0) is 0 Å². The molecule has 0 fully saturated rings. The molecule has 1 aromatic heterocycles. The van der Waals surface area contributed by atoms with Gasteiger partial charge < -0.3 is 11.1 Å². The zero-order chi connectivity index (χ0) is 9.68. The predicted octanol–water partition coefficient (Wildman–Crippen LogP) is 2.06. The van der Waals surface area contributed by atoms with Crippen LogP contribution in [0.4, 0.5) is 0 Å². The maximum Gasteiger partial charge on any atom is 0.0541 e. The number of nitrogens with one attached hydrogen (secondary N) is 1. The van der Waals surface area contributed by atoms with E-state index in [0.29, 0.717) is 12.6 Å². The van der Waals surface area contributed by atoms with Crippen LogP contribution in [0, 0.1) is 6.92 Å². The molecule has 1 rings (SSSR count). The highest BCUT2D eigenvalue weighted by molar-refractivity contribution is 7.10. The van der Waals surface area contributed by atoms with Crippen LogP contribution in [0.3, 0.4) is 0 Å². The van der Waals surface area contributed by atoms with Crippen LogP contribution in [0.1, 0.15) is 29.8 Å². The van der Waals surface area contributed by atoms with Crippen LogP contribution >= 0.6 is 11.3 Å². The molecule has 1 aromatic rings. The molecule has 0 aliphatic heterocycles. The second-order valence-electron chi connectivity index (χ2n) is 3.21. The van der Waals surface area contributed by atoms with Crippen molar-refractivity contribution >= 4 is 11.3 Å². The summed E-state index contributed by atoms with van der Waals surface area (Å²) in [6.45, 7) is 6.03. The van der Waals surface area contributed by atoms with Crippen LogP contribution in [0.5, 0.6) is 0 Å². The van der Waals surface area contributed by atoms with Crippen LogP contribution < -0.4 is 11.1 Å². The standard InChI is InChI=1S/C10H18N2S/c1-3-5-12-9(7-11)10-8(2)4-6-13-10/h4,6,9,12H,3,5,7,11H2,1-2H3. The Kier molecular flexibility index (Phi) is 4.42. The summed E-state index contributed by atoms with van der Waals surface area (Å²) in [7, 11) is 0. The molecule has 0 aliphatic carbocycles. The molecule has 0 saturated carbocycles. The van der Waals surface area contributed by atoms with E-state index < -0.39 is 0 Å². The lowest BCUT2D eigenvalue weighted by Gasteiger charge is -2.15. The number of hydrogen-bond donors (Lipinski definition) is 2. The summed E-state index contributed by atoms with van der Waals surface area (Å²) in [5.74, 6) is 0. The normalized spacial score (nSPS) is 13.2. The van der Waals surface area contributed by atoms with Crippen molar-refractivity contribution in [2.24, 2.45) is 5.73 Å². The summed E-state index contributed by atoms with van der Waals surface area (Å²) in [5, 5.41) is 5.57. The van der Waals surface area contributed by atoms with E-state index in [1.54, 1.807) is 11.3 Å². The largest absolute Gasteiger partial charge is 0.329 e. The van der Waals surface area contributed by atoms with E-state index in [1.165, 1.54) is 10.4 Å². The number of thiophene rings is 1. The van der Waals surface area contributed by atoms with Crippen LogP contribution in [0.2, 0.25) is 0 Å². The molecule has 74 valence electrons. The topological polar surface area (TPSA) is 38.0 Å². The second kappa shape index (κ2) is 5.37. The molecule has 1 heterocycles. The highest BCUT2D eigenvalue weighted by Crippen LogP contribution is 2.22. The van der Waals surface area contributed by atoms with Crippen molar-refractivity contribution in [3.63, 3.8) is 0 Å². The summed E-state index contributed by atoms with van der Waals surface area (Å²) < 4.78 is 0. The zero-order valence-electron chi connectivity index (χ0n) is 8.34. The summed E-state index contributed by atoms with van der Waals surface area (Å²) >= 11 is 1.79. The minimum atomic E-state index is 0.347. The smallest absolute Gasteiger partial charge is 0.0541 e. The van der Waals surface area contributed by atoms with Crippen molar-refractivity contribution in [2.45, 2.75) is 26.3 Å². The molecule has 0 amide bonds. The lowest BCUT2D eigenvalue weighted by Crippen LogP contribution is -2.28. The van der Waals surface area contributed by atoms with Gasteiger partial charge in [0.2, 0.25) is 0 Å². The van der Waals surface area contributed by atoms with Gasteiger partial charge in [-0.1, -0.05) is 6.92 Å². The van der Waals surface area contributed by atoms with Crippen LogP contribution in [-0.4, -0.2) is 13.1 Å². The SMILES string of the molecule is CCCNC(CN)c1sccc1C. The van der Waals surface area contributed by atoms with E-state index in [0.717, 1.165) is 13.0 Å². The number of rotatable bonds is 5. The molecular formula is C10H18N2S. The van der Waals surface area contributed by atoms with E-state index in [-0.39, 0.29) is 0 Å². The molecule has 0 spiro atoms. The third-order valence-corrected chi connectivity index (χ3v) is 3.23. The molecule has 3 N–H and O–H groups in total. The van der Waals surface area contributed by atoms with E-state index in [9.17, 15) is 0 Å². The summed E-state index contributed by atoms with van der Waals surface area (Å²) in [6.07, 6.45) is 1.15. The highest BCUT2D eigenvalue weighted by Gasteiger charge is 2.11. The fourth-order valence-electron chi connectivity index (χ4n) is 1.34. The van der Waals surface area contributed by atoms with Gasteiger partial charge in [0.25, 0.3) is 0 Å². The average Bonchev–Trinajstić information content (AvgIpc) is 2.54. The Balaban J connectivity index is 2.61. The van der Waals surface area contributed by atoms with Crippen molar-refractivity contribution in [3.05, 3.63) is 21.9 Å². The van der Waals surface area contributed by atoms with Gasteiger partial charge in [-0.2, -0.15) is 0 Å². The molecule has 1 unspecified atom stereocenters. The number of nitrogens with two attached hydrogens (primary N) is 1. The Morgan fingerprint density at radius 2 is 2.38 bits per heavy atom. The number of aryl methyl sites for hydroxylation is 1. The lowest BCUT2D eigenvalue weighted by molar-refractivity contribution is 0.545. The Hall–Kier alpha value is -0.380. The molecule has 0 aromatic carbocycles. The molecule has 2 nitrogen and oxygen atoms in total. The average molecular weight is 198 g/mol. The van der Waals surface area contributed by atoms with Crippen LogP contribution in [0.15, 0.2) is 11.4 Å². The summed E-state index contributed by atoms with van der Waals surface area (Å²) in [4.78, 5) is 1.39. The maximum atomic E-state index is 5.72. The zero-order valence-corrected chi connectivity index (χ0v) is 9.16. The van der Waals surface area contributed by atoms with Crippen molar-refractivity contribution in [1.29, 1.82) is 0 Å². The molecule has 0 aliphatic rings.